The minimum absolute atomic E-state index is 0.0745. The number of hydrogen-bond donors (Lipinski definition) is 1. The van der Waals surface area contributed by atoms with Gasteiger partial charge in [-0.25, -0.2) is 9.59 Å². The van der Waals surface area contributed by atoms with Crippen molar-refractivity contribution in [3.8, 4) is 0 Å². The SMILES string of the molecule is CCOC(=O)/C=C(\Nc1cc(I)ccc1[N+](=O)[O-])C(=O)OCC. The molecule has 0 bridgehead atoms. The largest absolute Gasteiger partial charge is 0.463 e. The minimum Gasteiger partial charge on any atom is -0.463 e. The first-order valence-corrected chi connectivity index (χ1v) is 7.73. The highest BCUT2D eigenvalue weighted by Gasteiger charge is 2.20. The van der Waals surface area contributed by atoms with Gasteiger partial charge in [0.05, 0.1) is 24.2 Å². The monoisotopic (exact) mass is 434 g/mol. The van der Waals surface area contributed by atoms with Crippen molar-refractivity contribution in [2.75, 3.05) is 18.5 Å². The van der Waals surface area contributed by atoms with Crippen molar-refractivity contribution in [3.05, 3.63) is 43.7 Å². The van der Waals surface area contributed by atoms with Gasteiger partial charge in [-0.3, -0.25) is 10.1 Å². The van der Waals surface area contributed by atoms with Crippen molar-refractivity contribution in [1.82, 2.24) is 0 Å². The Balaban J connectivity index is 3.20. The number of nitrogens with one attached hydrogen (secondary N) is 1. The molecule has 0 saturated carbocycles. The molecule has 0 aliphatic rings. The summed E-state index contributed by atoms with van der Waals surface area (Å²) in [6.07, 6.45) is 0.908. The fraction of sp³-hybridized carbons (Fsp3) is 0.286. The molecule has 1 aromatic rings. The maximum Gasteiger partial charge on any atom is 0.355 e. The van der Waals surface area contributed by atoms with Crippen LogP contribution in [0.1, 0.15) is 13.8 Å². The lowest BCUT2D eigenvalue weighted by Gasteiger charge is -2.11. The number of carbonyl (C=O) groups excluding carboxylic acids is 2. The Hall–Kier alpha value is -2.17. The Bertz CT molecular complexity index is 644. The minimum atomic E-state index is -0.811. The lowest BCUT2D eigenvalue weighted by Crippen LogP contribution is -2.17. The van der Waals surface area contributed by atoms with E-state index in [-0.39, 0.29) is 30.3 Å². The van der Waals surface area contributed by atoms with E-state index in [2.05, 4.69) is 5.32 Å². The summed E-state index contributed by atoms with van der Waals surface area (Å²) < 4.78 is 10.3. The highest BCUT2D eigenvalue weighted by atomic mass is 127. The predicted molar refractivity (Wildman–Crippen MR) is 90.8 cm³/mol. The zero-order chi connectivity index (χ0) is 17.4. The number of hydrogen-bond acceptors (Lipinski definition) is 7. The summed E-state index contributed by atoms with van der Waals surface area (Å²) in [5, 5.41) is 13.7. The lowest BCUT2D eigenvalue weighted by atomic mass is 10.2. The number of halogens is 1. The topological polar surface area (TPSA) is 108 Å². The maximum atomic E-state index is 11.9. The van der Waals surface area contributed by atoms with Crippen molar-refractivity contribution in [2.24, 2.45) is 0 Å². The van der Waals surface area contributed by atoms with Gasteiger partial charge in [-0.1, -0.05) is 0 Å². The second kappa shape index (κ2) is 9.08. The molecule has 124 valence electrons. The molecule has 0 radical (unpaired) electrons. The van der Waals surface area contributed by atoms with Crippen LogP contribution in [0.4, 0.5) is 11.4 Å². The lowest BCUT2D eigenvalue weighted by molar-refractivity contribution is -0.383. The molecule has 0 aliphatic carbocycles. The van der Waals surface area contributed by atoms with Crippen LogP contribution in [-0.4, -0.2) is 30.1 Å². The number of esters is 2. The molecule has 0 aromatic heterocycles. The molecule has 1 rings (SSSR count). The van der Waals surface area contributed by atoms with Gasteiger partial charge in [0.1, 0.15) is 11.4 Å². The van der Waals surface area contributed by atoms with Crippen molar-refractivity contribution >= 4 is 45.9 Å². The first-order valence-electron chi connectivity index (χ1n) is 6.65. The third-order valence-electron chi connectivity index (χ3n) is 2.47. The molecule has 9 heteroatoms. The number of nitrogens with zero attached hydrogens (tertiary/aromatic N) is 1. The van der Waals surface area contributed by atoms with Gasteiger partial charge in [-0.15, -0.1) is 0 Å². The summed E-state index contributed by atoms with van der Waals surface area (Å²) >= 11 is 1.98. The van der Waals surface area contributed by atoms with Crippen LogP contribution in [0.2, 0.25) is 0 Å². The second-order valence-corrected chi connectivity index (χ2v) is 5.32. The van der Waals surface area contributed by atoms with E-state index in [0.717, 1.165) is 9.65 Å². The van der Waals surface area contributed by atoms with E-state index < -0.39 is 16.9 Å². The molecule has 23 heavy (non-hydrogen) atoms. The molecule has 1 aromatic carbocycles. The maximum absolute atomic E-state index is 11.9. The van der Waals surface area contributed by atoms with Crippen LogP contribution < -0.4 is 5.32 Å². The molecule has 0 amide bonds. The molecular formula is C14H15IN2O6. The average Bonchev–Trinajstić information content (AvgIpc) is 2.46. The predicted octanol–water partition coefficient (Wildman–Crippen LogP) is 2.62. The highest BCUT2D eigenvalue weighted by molar-refractivity contribution is 14.1. The van der Waals surface area contributed by atoms with Gasteiger partial charge in [0.25, 0.3) is 5.69 Å². The molecule has 0 aliphatic heterocycles. The van der Waals surface area contributed by atoms with Crippen LogP contribution in [0.25, 0.3) is 0 Å². The molecule has 0 unspecified atom stereocenters. The van der Waals surface area contributed by atoms with Gasteiger partial charge in [0.2, 0.25) is 0 Å². The number of carbonyl (C=O) groups is 2. The first kappa shape index (κ1) is 18.9. The van der Waals surface area contributed by atoms with E-state index in [4.69, 9.17) is 9.47 Å². The highest BCUT2D eigenvalue weighted by Crippen LogP contribution is 2.27. The summed E-state index contributed by atoms with van der Waals surface area (Å²) in [7, 11) is 0. The number of ether oxygens (including phenoxy) is 2. The third kappa shape index (κ3) is 5.85. The van der Waals surface area contributed by atoms with Gasteiger partial charge < -0.3 is 14.8 Å². The second-order valence-electron chi connectivity index (χ2n) is 4.07. The number of rotatable bonds is 7. The molecule has 8 nitrogen and oxygen atoms in total. The first-order chi connectivity index (χ1) is 10.9. The van der Waals surface area contributed by atoms with Crippen LogP contribution in [0.15, 0.2) is 30.0 Å². The van der Waals surface area contributed by atoms with Crippen LogP contribution in [0.5, 0.6) is 0 Å². The van der Waals surface area contributed by atoms with Crippen molar-refractivity contribution in [3.63, 3.8) is 0 Å². The van der Waals surface area contributed by atoms with Crippen LogP contribution in [0, 0.1) is 13.7 Å². The Morgan fingerprint density at radius 3 is 2.52 bits per heavy atom. The van der Waals surface area contributed by atoms with Crippen molar-refractivity contribution in [2.45, 2.75) is 13.8 Å². The molecule has 0 spiro atoms. The number of benzene rings is 1. The van der Waals surface area contributed by atoms with Gasteiger partial charge in [0, 0.05) is 9.64 Å². The standard InChI is InChI=1S/C14H15IN2O6/c1-3-22-13(18)8-11(14(19)23-4-2)16-10-7-9(15)5-6-12(10)17(20)21/h5-8,16H,3-4H2,1-2H3/b11-8-. The fourth-order valence-electron chi connectivity index (χ4n) is 1.57. The Labute approximate surface area is 146 Å². The van der Waals surface area contributed by atoms with Crippen LogP contribution in [-0.2, 0) is 19.1 Å². The third-order valence-corrected chi connectivity index (χ3v) is 3.14. The smallest absolute Gasteiger partial charge is 0.355 e. The van der Waals surface area contributed by atoms with Gasteiger partial charge in [-0.05, 0) is 48.6 Å². The van der Waals surface area contributed by atoms with Crippen molar-refractivity contribution in [1.29, 1.82) is 0 Å². The Morgan fingerprint density at radius 2 is 1.96 bits per heavy atom. The van der Waals surface area contributed by atoms with E-state index in [0.29, 0.717) is 0 Å². The van der Waals surface area contributed by atoms with E-state index in [1.165, 1.54) is 12.1 Å². The van der Waals surface area contributed by atoms with Gasteiger partial charge >= 0.3 is 11.9 Å². The van der Waals surface area contributed by atoms with Crippen LogP contribution >= 0.6 is 22.6 Å². The van der Waals surface area contributed by atoms with Gasteiger partial charge in [-0.2, -0.15) is 0 Å². The zero-order valence-electron chi connectivity index (χ0n) is 12.5. The summed E-state index contributed by atoms with van der Waals surface area (Å²) in [4.78, 5) is 34.0. The molecule has 0 heterocycles. The van der Waals surface area contributed by atoms with Crippen molar-refractivity contribution < 1.29 is 24.0 Å². The molecular weight excluding hydrogens is 419 g/mol. The quantitative estimate of drug-likeness (QED) is 0.231. The van der Waals surface area contributed by atoms with E-state index in [1.54, 1.807) is 19.9 Å². The zero-order valence-corrected chi connectivity index (χ0v) is 14.7. The van der Waals surface area contributed by atoms with E-state index in [1.807, 2.05) is 22.6 Å². The summed E-state index contributed by atoms with van der Waals surface area (Å²) in [5.41, 5.74) is -0.398. The van der Waals surface area contributed by atoms with E-state index in [9.17, 15) is 19.7 Å². The van der Waals surface area contributed by atoms with Gasteiger partial charge in [0.15, 0.2) is 0 Å². The Morgan fingerprint density at radius 1 is 1.30 bits per heavy atom. The number of nitro groups is 1. The fourth-order valence-corrected chi connectivity index (χ4v) is 2.06. The van der Waals surface area contributed by atoms with E-state index >= 15 is 0 Å². The molecule has 0 fully saturated rings. The molecule has 1 N–H and O–H groups in total. The number of nitro benzene ring substituents is 1. The normalized spacial score (nSPS) is 10.8. The Kier molecular flexibility index (Phi) is 7.45. The van der Waals surface area contributed by atoms with Crippen LogP contribution in [0.3, 0.4) is 0 Å². The molecule has 0 atom stereocenters. The molecule has 0 saturated heterocycles. The summed E-state index contributed by atoms with van der Waals surface area (Å²) in [6.45, 7) is 3.45. The average molecular weight is 434 g/mol. The number of anilines is 1. The summed E-state index contributed by atoms with van der Waals surface area (Å²) in [5.74, 6) is -1.56. The summed E-state index contributed by atoms with van der Waals surface area (Å²) in [6, 6.07) is 4.34.